The number of halogens is 1. The van der Waals surface area contributed by atoms with Crippen LogP contribution in [0.2, 0.25) is 0 Å². The molecule has 1 amide bonds. The molecule has 168 valence electrons. The Hall–Kier alpha value is -2.41. The Morgan fingerprint density at radius 2 is 1.77 bits per heavy atom. The van der Waals surface area contributed by atoms with Gasteiger partial charge in [-0.1, -0.05) is 38.3 Å². The summed E-state index contributed by atoms with van der Waals surface area (Å²) in [5.74, 6) is 0.159. The summed E-state index contributed by atoms with van der Waals surface area (Å²) in [5.41, 5.74) is 1.23. The van der Waals surface area contributed by atoms with E-state index in [9.17, 15) is 17.6 Å². The van der Waals surface area contributed by atoms with Gasteiger partial charge in [0.1, 0.15) is 11.6 Å². The van der Waals surface area contributed by atoms with Crippen LogP contribution in [0, 0.1) is 5.82 Å². The molecular formula is C24H30FNO4S. The van der Waals surface area contributed by atoms with E-state index >= 15 is 0 Å². The fraction of sp³-hybridized carbons (Fsp3) is 0.458. The fourth-order valence-corrected chi connectivity index (χ4v) is 5.48. The number of unbranched alkanes of at least 4 members (excludes halogenated alkanes) is 3. The van der Waals surface area contributed by atoms with Gasteiger partial charge in [-0.05, 0) is 54.8 Å². The first-order chi connectivity index (χ1) is 14.9. The third-order valence-corrected chi connectivity index (χ3v) is 7.29. The SMILES string of the molecule is CCCCCCOc1ccc(C(=O)N(Cc2ccc(F)cc2)C2CCS(=O)(=O)C2)cc1. The zero-order valence-corrected chi connectivity index (χ0v) is 18.7. The smallest absolute Gasteiger partial charge is 0.254 e. The number of sulfone groups is 1. The van der Waals surface area contributed by atoms with Gasteiger partial charge in [0, 0.05) is 18.2 Å². The molecule has 1 aliphatic rings. The monoisotopic (exact) mass is 447 g/mol. The summed E-state index contributed by atoms with van der Waals surface area (Å²) < 4.78 is 43.0. The maximum Gasteiger partial charge on any atom is 0.254 e. The molecule has 1 aliphatic heterocycles. The first-order valence-electron chi connectivity index (χ1n) is 10.9. The molecule has 1 atom stereocenters. The highest BCUT2D eigenvalue weighted by Gasteiger charge is 2.35. The number of ether oxygens (including phenoxy) is 1. The second-order valence-corrected chi connectivity index (χ2v) is 10.3. The molecule has 2 aromatic carbocycles. The van der Waals surface area contributed by atoms with Crippen molar-refractivity contribution in [3.63, 3.8) is 0 Å². The van der Waals surface area contributed by atoms with Crippen molar-refractivity contribution < 1.29 is 22.3 Å². The van der Waals surface area contributed by atoms with E-state index in [2.05, 4.69) is 6.92 Å². The van der Waals surface area contributed by atoms with E-state index in [1.165, 1.54) is 25.0 Å². The van der Waals surface area contributed by atoms with E-state index in [1.807, 2.05) is 0 Å². The molecule has 0 N–H and O–H groups in total. The van der Waals surface area contributed by atoms with Gasteiger partial charge in [0.15, 0.2) is 9.84 Å². The molecule has 2 aromatic rings. The van der Waals surface area contributed by atoms with E-state index in [0.717, 1.165) is 18.4 Å². The summed E-state index contributed by atoms with van der Waals surface area (Å²) in [7, 11) is -3.15. The van der Waals surface area contributed by atoms with Crippen LogP contribution >= 0.6 is 0 Å². The molecule has 5 nitrogen and oxygen atoms in total. The summed E-state index contributed by atoms with van der Waals surface area (Å²) in [6.45, 7) is 3.04. The molecular weight excluding hydrogens is 417 g/mol. The quantitative estimate of drug-likeness (QED) is 0.499. The lowest BCUT2D eigenvalue weighted by molar-refractivity contribution is 0.0681. The second-order valence-electron chi connectivity index (χ2n) is 8.05. The normalized spacial score (nSPS) is 17.4. The second kappa shape index (κ2) is 10.8. The highest BCUT2D eigenvalue weighted by Crippen LogP contribution is 2.23. The number of hydrogen-bond donors (Lipinski definition) is 0. The van der Waals surface area contributed by atoms with Gasteiger partial charge in [-0.25, -0.2) is 12.8 Å². The topological polar surface area (TPSA) is 63.7 Å². The molecule has 3 rings (SSSR count). The van der Waals surface area contributed by atoms with Crippen LogP contribution in [0.4, 0.5) is 4.39 Å². The highest BCUT2D eigenvalue weighted by atomic mass is 32.2. The van der Waals surface area contributed by atoms with Crippen LogP contribution in [-0.2, 0) is 16.4 Å². The summed E-state index contributed by atoms with van der Waals surface area (Å²) in [6, 6.07) is 12.5. The van der Waals surface area contributed by atoms with Gasteiger partial charge in [-0.2, -0.15) is 0 Å². The number of benzene rings is 2. The predicted molar refractivity (Wildman–Crippen MR) is 119 cm³/mol. The molecule has 1 saturated heterocycles. The minimum Gasteiger partial charge on any atom is -0.494 e. The van der Waals surface area contributed by atoms with Crippen molar-refractivity contribution in [2.24, 2.45) is 0 Å². The number of carbonyl (C=O) groups excluding carboxylic acids is 1. The van der Waals surface area contributed by atoms with Crippen molar-refractivity contribution in [3.8, 4) is 5.75 Å². The third kappa shape index (κ3) is 6.79. The van der Waals surface area contributed by atoms with Gasteiger partial charge < -0.3 is 9.64 Å². The lowest BCUT2D eigenvalue weighted by Crippen LogP contribution is -2.40. The van der Waals surface area contributed by atoms with Crippen molar-refractivity contribution >= 4 is 15.7 Å². The molecule has 0 saturated carbocycles. The van der Waals surface area contributed by atoms with Crippen LogP contribution in [0.3, 0.4) is 0 Å². The number of nitrogens with zero attached hydrogens (tertiary/aromatic N) is 1. The lowest BCUT2D eigenvalue weighted by Gasteiger charge is -2.28. The van der Waals surface area contributed by atoms with Gasteiger partial charge >= 0.3 is 0 Å². The van der Waals surface area contributed by atoms with Crippen molar-refractivity contribution in [3.05, 3.63) is 65.5 Å². The van der Waals surface area contributed by atoms with Crippen LogP contribution < -0.4 is 4.74 Å². The number of amides is 1. The van der Waals surface area contributed by atoms with Crippen LogP contribution in [-0.4, -0.2) is 43.4 Å². The molecule has 1 unspecified atom stereocenters. The predicted octanol–water partition coefficient (Wildman–Crippen LogP) is 4.61. The molecule has 7 heteroatoms. The molecule has 1 heterocycles. The third-order valence-electron chi connectivity index (χ3n) is 5.54. The maximum atomic E-state index is 13.3. The van der Waals surface area contributed by atoms with Gasteiger partial charge in [0.25, 0.3) is 5.91 Å². The lowest BCUT2D eigenvalue weighted by atomic mass is 10.1. The summed E-state index contributed by atoms with van der Waals surface area (Å²) >= 11 is 0. The summed E-state index contributed by atoms with van der Waals surface area (Å²) in [6.07, 6.45) is 4.91. The van der Waals surface area contributed by atoms with Crippen molar-refractivity contribution in [1.29, 1.82) is 0 Å². The minimum atomic E-state index is -3.15. The standard InChI is InChI=1S/C24H30FNO4S/c1-2-3-4-5-15-30-23-12-8-20(9-13-23)24(27)26(22-14-16-31(28,29)18-22)17-19-6-10-21(25)11-7-19/h6-13,22H,2-5,14-18H2,1H3. The number of hydrogen-bond acceptors (Lipinski definition) is 4. The molecule has 0 bridgehead atoms. The van der Waals surface area contributed by atoms with Crippen molar-refractivity contribution in [2.45, 2.75) is 51.6 Å². The van der Waals surface area contributed by atoms with Crippen LogP contribution in [0.5, 0.6) is 5.75 Å². The zero-order valence-electron chi connectivity index (χ0n) is 17.9. The Kier molecular flexibility index (Phi) is 8.07. The Morgan fingerprint density at radius 3 is 2.39 bits per heavy atom. The van der Waals surface area contributed by atoms with Gasteiger partial charge in [0.2, 0.25) is 0 Å². The van der Waals surface area contributed by atoms with E-state index in [4.69, 9.17) is 4.74 Å². The fourth-order valence-electron chi connectivity index (χ4n) is 3.75. The minimum absolute atomic E-state index is 0.0428. The Labute approximate surface area is 184 Å². The van der Waals surface area contributed by atoms with Crippen LogP contribution in [0.15, 0.2) is 48.5 Å². The molecule has 0 spiro atoms. The Bertz CT molecular complexity index is 958. The first kappa shape index (κ1) is 23.3. The number of carbonyl (C=O) groups is 1. The van der Waals surface area contributed by atoms with Gasteiger partial charge in [-0.15, -0.1) is 0 Å². The first-order valence-corrected chi connectivity index (χ1v) is 12.7. The largest absolute Gasteiger partial charge is 0.494 e. The van der Waals surface area contributed by atoms with Crippen LogP contribution in [0.25, 0.3) is 0 Å². The Morgan fingerprint density at radius 1 is 1.06 bits per heavy atom. The highest BCUT2D eigenvalue weighted by molar-refractivity contribution is 7.91. The van der Waals surface area contributed by atoms with Crippen LogP contribution in [0.1, 0.15) is 54.9 Å². The zero-order chi connectivity index (χ0) is 22.3. The van der Waals surface area contributed by atoms with Crippen molar-refractivity contribution in [1.82, 2.24) is 4.90 Å². The molecule has 0 aromatic heterocycles. The summed E-state index contributed by atoms with van der Waals surface area (Å²) in [5, 5.41) is 0. The number of rotatable bonds is 10. The molecule has 0 radical (unpaired) electrons. The van der Waals surface area contributed by atoms with Crippen molar-refractivity contribution in [2.75, 3.05) is 18.1 Å². The Balaban J connectivity index is 1.70. The van der Waals surface area contributed by atoms with E-state index in [0.29, 0.717) is 24.3 Å². The van der Waals surface area contributed by atoms with E-state index < -0.39 is 15.9 Å². The van der Waals surface area contributed by atoms with E-state index in [1.54, 1.807) is 41.3 Å². The average molecular weight is 448 g/mol. The van der Waals surface area contributed by atoms with Gasteiger partial charge in [0.05, 0.1) is 18.1 Å². The summed E-state index contributed by atoms with van der Waals surface area (Å²) in [4.78, 5) is 14.9. The van der Waals surface area contributed by atoms with E-state index in [-0.39, 0.29) is 29.8 Å². The average Bonchev–Trinajstić information content (AvgIpc) is 3.12. The van der Waals surface area contributed by atoms with Gasteiger partial charge in [-0.3, -0.25) is 4.79 Å². The molecule has 0 aliphatic carbocycles. The molecule has 1 fully saturated rings. The molecule has 31 heavy (non-hydrogen) atoms. The maximum absolute atomic E-state index is 13.3.